The second-order valence-electron chi connectivity index (χ2n) is 8.04. The molecule has 0 spiro atoms. The van der Waals surface area contributed by atoms with Crippen LogP contribution in [-0.4, -0.2) is 62.4 Å². The lowest BCUT2D eigenvalue weighted by Crippen LogP contribution is -2.51. The molecule has 2 aliphatic heterocycles. The van der Waals surface area contributed by atoms with Gasteiger partial charge in [0, 0.05) is 37.4 Å². The highest BCUT2D eigenvalue weighted by Crippen LogP contribution is 2.23. The van der Waals surface area contributed by atoms with Gasteiger partial charge < -0.3 is 19.3 Å². The van der Waals surface area contributed by atoms with Gasteiger partial charge in [-0.15, -0.1) is 0 Å². The van der Waals surface area contributed by atoms with E-state index in [1.54, 1.807) is 0 Å². The van der Waals surface area contributed by atoms with Gasteiger partial charge in [-0.1, -0.05) is 33.6 Å². The molecule has 0 saturated carbocycles. The molecular formula is C22H34N2O3. The maximum Gasteiger partial charge on any atom is 0.254 e. The average Bonchev–Trinajstić information content (AvgIpc) is 2.72. The number of carbonyl (C=O) groups excluding carboxylic acids is 1. The number of amides is 1. The standard InChI is InChI=1S/C22H34N2O3/c1-4-5-6-20-15-24(16-21(27-20)17(2)3)22(25)18-7-9-19(10-8-18)23-11-13-26-14-12-23/h7-10,17,20-21H,4-6,11-16H2,1-3H3/t20-,21-/m1/s1. The van der Waals surface area contributed by atoms with Gasteiger partial charge in [0.1, 0.15) is 0 Å². The lowest BCUT2D eigenvalue weighted by Gasteiger charge is -2.40. The minimum atomic E-state index is 0.122. The molecule has 2 saturated heterocycles. The molecular weight excluding hydrogens is 340 g/mol. The molecule has 1 aromatic rings. The highest BCUT2D eigenvalue weighted by atomic mass is 16.5. The third kappa shape index (κ3) is 5.23. The Morgan fingerprint density at radius 2 is 1.85 bits per heavy atom. The Morgan fingerprint density at radius 3 is 2.48 bits per heavy atom. The van der Waals surface area contributed by atoms with Gasteiger partial charge in [-0.25, -0.2) is 0 Å². The van der Waals surface area contributed by atoms with Gasteiger partial charge in [0.15, 0.2) is 0 Å². The fourth-order valence-corrected chi connectivity index (χ4v) is 3.81. The summed E-state index contributed by atoms with van der Waals surface area (Å²) < 4.78 is 11.7. The molecule has 1 amide bonds. The van der Waals surface area contributed by atoms with Crippen LogP contribution in [0.5, 0.6) is 0 Å². The van der Waals surface area contributed by atoms with E-state index in [9.17, 15) is 4.79 Å². The average molecular weight is 375 g/mol. The predicted molar refractivity (Wildman–Crippen MR) is 108 cm³/mol. The van der Waals surface area contributed by atoms with Crippen molar-refractivity contribution in [2.75, 3.05) is 44.3 Å². The maximum absolute atomic E-state index is 13.1. The van der Waals surface area contributed by atoms with Crippen molar-refractivity contribution in [3.05, 3.63) is 29.8 Å². The third-order valence-corrected chi connectivity index (χ3v) is 5.59. The SMILES string of the molecule is CCCC[C@@H]1CN(C(=O)c2ccc(N3CCOCC3)cc2)C[C@H](C(C)C)O1. The Balaban J connectivity index is 1.67. The molecule has 0 unspecified atom stereocenters. The molecule has 27 heavy (non-hydrogen) atoms. The molecule has 5 heteroatoms. The fourth-order valence-electron chi connectivity index (χ4n) is 3.81. The Labute approximate surface area is 163 Å². The van der Waals surface area contributed by atoms with Crippen molar-refractivity contribution < 1.29 is 14.3 Å². The molecule has 2 heterocycles. The zero-order valence-corrected chi connectivity index (χ0v) is 17.0. The number of hydrogen-bond donors (Lipinski definition) is 0. The molecule has 0 aliphatic carbocycles. The zero-order chi connectivity index (χ0) is 19.2. The van der Waals surface area contributed by atoms with Crippen molar-refractivity contribution in [3.63, 3.8) is 0 Å². The second-order valence-corrected chi connectivity index (χ2v) is 8.04. The van der Waals surface area contributed by atoms with Crippen LogP contribution in [0.1, 0.15) is 50.4 Å². The number of hydrogen-bond acceptors (Lipinski definition) is 4. The Bertz CT molecular complexity index is 596. The summed E-state index contributed by atoms with van der Waals surface area (Å²) in [7, 11) is 0. The van der Waals surface area contributed by atoms with Crippen LogP contribution in [-0.2, 0) is 9.47 Å². The van der Waals surface area contributed by atoms with E-state index in [1.807, 2.05) is 17.0 Å². The molecule has 2 fully saturated rings. The number of morpholine rings is 2. The normalized spacial score (nSPS) is 23.7. The summed E-state index contributed by atoms with van der Waals surface area (Å²) in [4.78, 5) is 17.4. The first kappa shape index (κ1) is 20.2. The van der Waals surface area contributed by atoms with Gasteiger partial charge in [0.25, 0.3) is 5.91 Å². The van der Waals surface area contributed by atoms with Gasteiger partial charge >= 0.3 is 0 Å². The monoisotopic (exact) mass is 374 g/mol. The van der Waals surface area contributed by atoms with Crippen LogP contribution >= 0.6 is 0 Å². The van der Waals surface area contributed by atoms with Crippen molar-refractivity contribution in [1.29, 1.82) is 0 Å². The Kier molecular flexibility index (Phi) is 7.13. The van der Waals surface area contributed by atoms with Crippen LogP contribution in [0.3, 0.4) is 0 Å². The first-order valence-corrected chi connectivity index (χ1v) is 10.5. The number of unbranched alkanes of at least 4 members (excludes halogenated alkanes) is 1. The van der Waals surface area contributed by atoms with Crippen LogP contribution in [0.15, 0.2) is 24.3 Å². The molecule has 5 nitrogen and oxygen atoms in total. The minimum absolute atomic E-state index is 0.122. The fraction of sp³-hybridized carbons (Fsp3) is 0.682. The second kappa shape index (κ2) is 9.56. The molecule has 2 atom stereocenters. The quantitative estimate of drug-likeness (QED) is 0.763. The smallest absolute Gasteiger partial charge is 0.254 e. The molecule has 0 bridgehead atoms. The van der Waals surface area contributed by atoms with Gasteiger partial charge in [-0.05, 0) is 36.6 Å². The highest BCUT2D eigenvalue weighted by molar-refractivity contribution is 5.94. The highest BCUT2D eigenvalue weighted by Gasteiger charge is 2.32. The molecule has 3 rings (SSSR count). The molecule has 2 aliphatic rings. The van der Waals surface area contributed by atoms with Crippen LogP contribution in [0.2, 0.25) is 0 Å². The summed E-state index contributed by atoms with van der Waals surface area (Å²) in [5, 5.41) is 0. The largest absolute Gasteiger partial charge is 0.378 e. The van der Waals surface area contributed by atoms with Crippen molar-refractivity contribution in [2.45, 2.75) is 52.2 Å². The summed E-state index contributed by atoms with van der Waals surface area (Å²) in [5.74, 6) is 0.535. The summed E-state index contributed by atoms with van der Waals surface area (Å²) in [6.07, 6.45) is 3.61. The first-order chi connectivity index (χ1) is 13.1. The van der Waals surface area contributed by atoms with Crippen molar-refractivity contribution in [1.82, 2.24) is 4.90 Å². The number of carbonyl (C=O) groups is 1. The minimum Gasteiger partial charge on any atom is -0.378 e. The summed E-state index contributed by atoms with van der Waals surface area (Å²) >= 11 is 0. The molecule has 0 radical (unpaired) electrons. The topological polar surface area (TPSA) is 42.0 Å². The van der Waals surface area contributed by atoms with Gasteiger partial charge in [-0.2, -0.15) is 0 Å². The lowest BCUT2D eigenvalue weighted by atomic mass is 10.0. The number of anilines is 1. The molecule has 150 valence electrons. The van der Waals surface area contributed by atoms with Gasteiger partial charge in [0.2, 0.25) is 0 Å². The van der Waals surface area contributed by atoms with Crippen molar-refractivity contribution in [3.8, 4) is 0 Å². The molecule has 0 aromatic heterocycles. The van der Waals surface area contributed by atoms with Crippen LogP contribution in [0.4, 0.5) is 5.69 Å². The van der Waals surface area contributed by atoms with Crippen molar-refractivity contribution in [2.24, 2.45) is 5.92 Å². The van der Waals surface area contributed by atoms with E-state index in [2.05, 4.69) is 37.8 Å². The summed E-state index contributed by atoms with van der Waals surface area (Å²) in [6.45, 7) is 11.3. The molecule has 0 N–H and O–H groups in total. The zero-order valence-electron chi connectivity index (χ0n) is 17.0. The third-order valence-electron chi connectivity index (χ3n) is 5.59. The van der Waals surface area contributed by atoms with E-state index < -0.39 is 0 Å². The number of benzene rings is 1. The Morgan fingerprint density at radius 1 is 1.15 bits per heavy atom. The van der Waals surface area contributed by atoms with Crippen LogP contribution < -0.4 is 4.90 Å². The number of nitrogens with zero attached hydrogens (tertiary/aromatic N) is 2. The van der Waals surface area contributed by atoms with E-state index in [0.29, 0.717) is 19.0 Å². The Hall–Kier alpha value is -1.59. The molecule has 1 aromatic carbocycles. The number of rotatable bonds is 6. The van der Waals surface area contributed by atoms with Crippen LogP contribution in [0.25, 0.3) is 0 Å². The van der Waals surface area contributed by atoms with Gasteiger partial charge in [0.05, 0.1) is 25.4 Å². The lowest BCUT2D eigenvalue weighted by molar-refractivity contribution is -0.0962. The van der Waals surface area contributed by atoms with E-state index in [1.165, 1.54) is 0 Å². The van der Waals surface area contributed by atoms with Crippen LogP contribution in [0, 0.1) is 5.92 Å². The predicted octanol–water partition coefficient (Wildman–Crippen LogP) is 3.58. The van der Waals surface area contributed by atoms with Gasteiger partial charge in [-0.3, -0.25) is 4.79 Å². The number of ether oxygens (including phenoxy) is 2. The first-order valence-electron chi connectivity index (χ1n) is 10.5. The van der Waals surface area contributed by atoms with E-state index >= 15 is 0 Å². The maximum atomic E-state index is 13.1. The van der Waals surface area contributed by atoms with E-state index in [-0.39, 0.29) is 18.1 Å². The van der Waals surface area contributed by atoms with E-state index in [0.717, 1.165) is 56.8 Å². The van der Waals surface area contributed by atoms with E-state index in [4.69, 9.17) is 9.47 Å². The summed E-state index contributed by atoms with van der Waals surface area (Å²) in [6, 6.07) is 8.06. The summed E-state index contributed by atoms with van der Waals surface area (Å²) in [5.41, 5.74) is 1.93. The van der Waals surface area contributed by atoms with Crippen molar-refractivity contribution >= 4 is 11.6 Å².